The van der Waals surface area contributed by atoms with E-state index in [1.165, 1.54) is 5.56 Å². The lowest BCUT2D eigenvalue weighted by Gasteiger charge is -2.29. The zero-order chi connectivity index (χ0) is 21.0. The van der Waals surface area contributed by atoms with Crippen LogP contribution in [-0.2, 0) is 13.0 Å². The maximum atomic E-state index is 13.1. The highest BCUT2D eigenvalue weighted by Gasteiger charge is 2.25. The van der Waals surface area contributed by atoms with Gasteiger partial charge in [0.15, 0.2) is 11.5 Å². The van der Waals surface area contributed by atoms with Gasteiger partial charge in [-0.05, 0) is 48.9 Å². The standard InChI is InChI=1S/C22H30N4O3/c1-14(2)6-8-23-21-12-18(24-15(3)25-21)22(27)26-9-7-16-10-19(28-4)20(29-5)11-17(16)13-26/h10-12,14H,6-9,13H2,1-5H3,(H,23,24,25). The van der Waals surface area contributed by atoms with Crippen LogP contribution in [0.15, 0.2) is 18.2 Å². The molecule has 3 rings (SSSR count). The van der Waals surface area contributed by atoms with Crippen LogP contribution in [0.4, 0.5) is 5.82 Å². The number of nitrogens with one attached hydrogen (secondary N) is 1. The first-order valence-corrected chi connectivity index (χ1v) is 10.0. The molecule has 2 aromatic rings. The van der Waals surface area contributed by atoms with Gasteiger partial charge in [0.2, 0.25) is 0 Å². The number of benzene rings is 1. The van der Waals surface area contributed by atoms with Crippen LogP contribution in [0.1, 0.15) is 47.7 Å². The molecule has 7 heteroatoms. The molecule has 0 spiro atoms. The van der Waals surface area contributed by atoms with E-state index in [0.717, 1.165) is 30.7 Å². The number of carbonyl (C=O) groups excluding carboxylic acids is 1. The molecule has 0 radical (unpaired) electrons. The molecule has 1 N–H and O–H groups in total. The first-order valence-electron chi connectivity index (χ1n) is 10.0. The zero-order valence-electron chi connectivity index (χ0n) is 17.9. The lowest BCUT2D eigenvalue weighted by Crippen LogP contribution is -2.36. The van der Waals surface area contributed by atoms with E-state index >= 15 is 0 Å². The number of nitrogens with zero attached hydrogens (tertiary/aromatic N) is 3. The topological polar surface area (TPSA) is 76.6 Å². The second-order valence-electron chi connectivity index (χ2n) is 7.75. The Bertz CT molecular complexity index is 883. The molecule has 0 saturated heterocycles. The second kappa shape index (κ2) is 9.11. The van der Waals surface area contributed by atoms with Crippen molar-refractivity contribution in [2.45, 2.75) is 40.2 Å². The predicted octanol–water partition coefficient (Wildman–Crippen LogP) is 3.46. The number of hydrogen-bond acceptors (Lipinski definition) is 6. The van der Waals surface area contributed by atoms with E-state index in [0.29, 0.717) is 42.1 Å². The number of hydrogen-bond donors (Lipinski definition) is 1. The Morgan fingerprint density at radius 3 is 2.48 bits per heavy atom. The van der Waals surface area contributed by atoms with Crippen LogP contribution in [0.3, 0.4) is 0 Å². The van der Waals surface area contributed by atoms with Crippen molar-refractivity contribution in [3.05, 3.63) is 40.8 Å². The van der Waals surface area contributed by atoms with Crippen molar-refractivity contribution in [1.82, 2.24) is 14.9 Å². The van der Waals surface area contributed by atoms with E-state index < -0.39 is 0 Å². The fourth-order valence-corrected chi connectivity index (χ4v) is 3.48. The van der Waals surface area contributed by atoms with E-state index in [1.807, 2.05) is 24.0 Å². The van der Waals surface area contributed by atoms with Crippen molar-refractivity contribution < 1.29 is 14.3 Å². The molecular formula is C22H30N4O3. The van der Waals surface area contributed by atoms with E-state index in [9.17, 15) is 4.79 Å². The van der Waals surface area contributed by atoms with Gasteiger partial charge >= 0.3 is 0 Å². The first-order chi connectivity index (χ1) is 13.9. The molecule has 1 aliphatic rings. The molecule has 29 heavy (non-hydrogen) atoms. The third-order valence-electron chi connectivity index (χ3n) is 5.09. The van der Waals surface area contributed by atoms with Crippen LogP contribution in [0.2, 0.25) is 0 Å². The van der Waals surface area contributed by atoms with Gasteiger partial charge in [-0.25, -0.2) is 9.97 Å². The molecule has 0 saturated carbocycles. The van der Waals surface area contributed by atoms with E-state index in [4.69, 9.17) is 9.47 Å². The number of amides is 1. The Morgan fingerprint density at radius 1 is 1.14 bits per heavy atom. The van der Waals surface area contributed by atoms with Crippen molar-refractivity contribution in [3.63, 3.8) is 0 Å². The van der Waals surface area contributed by atoms with Crippen molar-refractivity contribution in [1.29, 1.82) is 0 Å². The summed E-state index contributed by atoms with van der Waals surface area (Å²) in [5.41, 5.74) is 2.68. The summed E-state index contributed by atoms with van der Waals surface area (Å²) in [6.45, 7) is 8.16. The number of fused-ring (bicyclic) bond motifs is 1. The predicted molar refractivity (Wildman–Crippen MR) is 113 cm³/mol. The van der Waals surface area contributed by atoms with Crippen molar-refractivity contribution in [3.8, 4) is 11.5 Å². The summed E-state index contributed by atoms with van der Waals surface area (Å²) in [7, 11) is 3.25. The minimum absolute atomic E-state index is 0.0807. The molecule has 0 atom stereocenters. The number of aryl methyl sites for hydroxylation is 1. The smallest absolute Gasteiger partial charge is 0.272 e. The Kier molecular flexibility index (Phi) is 6.56. The van der Waals surface area contributed by atoms with Crippen LogP contribution in [0, 0.1) is 12.8 Å². The number of ether oxygens (including phenoxy) is 2. The Hall–Kier alpha value is -2.83. The Balaban J connectivity index is 1.77. The van der Waals surface area contributed by atoms with Gasteiger partial charge in [0, 0.05) is 25.7 Å². The summed E-state index contributed by atoms with van der Waals surface area (Å²) in [5, 5.41) is 3.31. The summed E-state index contributed by atoms with van der Waals surface area (Å²) in [6.07, 6.45) is 1.81. The summed E-state index contributed by atoms with van der Waals surface area (Å²) < 4.78 is 10.8. The first kappa shape index (κ1) is 20.9. The van der Waals surface area contributed by atoms with Crippen LogP contribution in [0.25, 0.3) is 0 Å². The van der Waals surface area contributed by atoms with Crippen LogP contribution >= 0.6 is 0 Å². The average Bonchev–Trinajstić information content (AvgIpc) is 2.71. The van der Waals surface area contributed by atoms with Gasteiger partial charge in [0.1, 0.15) is 17.3 Å². The minimum Gasteiger partial charge on any atom is -0.493 e. The monoisotopic (exact) mass is 398 g/mol. The Morgan fingerprint density at radius 2 is 1.83 bits per heavy atom. The van der Waals surface area contributed by atoms with Crippen molar-refractivity contribution in [2.75, 3.05) is 32.6 Å². The third kappa shape index (κ3) is 4.96. The highest BCUT2D eigenvalue weighted by atomic mass is 16.5. The number of anilines is 1. The molecule has 1 aromatic carbocycles. The molecule has 0 bridgehead atoms. The SMILES string of the molecule is COc1cc2c(cc1OC)CN(C(=O)c1cc(NCCC(C)C)nc(C)n1)CC2. The average molecular weight is 399 g/mol. The highest BCUT2D eigenvalue weighted by Crippen LogP contribution is 2.33. The summed E-state index contributed by atoms with van der Waals surface area (Å²) in [5.74, 6) is 3.21. The molecule has 1 amide bonds. The van der Waals surface area contributed by atoms with Gasteiger partial charge in [-0.3, -0.25) is 4.79 Å². The van der Waals surface area contributed by atoms with Gasteiger partial charge in [-0.1, -0.05) is 13.8 Å². The maximum absolute atomic E-state index is 13.1. The molecule has 1 aromatic heterocycles. The van der Waals surface area contributed by atoms with E-state index in [2.05, 4.69) is 29.1 Å². The largest absolute Gasteiger partial charge is 0.493 e. The molecule has 0 aliphatic carbocycles. The Labute approximate surface area is 172 Å². The van der Waals surface area contributed by atoms with Gasteiger partial charge in [-0.2, -0.15) is 0 Å². The lowest BCUT2D eigenvalue weighted by atomic mass is 9.98. The molecule has 2 heterocycles. The van der Waals surface area contributed by atoms with Crippen molar-refractivity contribution >= 4 is 11.7 Å². The van der Waals surface area contributed by atoms with Gasteiger partial charge in [-0.15, -0.1) is 0 Å². The molecule has 1 aliphatic heterocycles. The summed E-state index contributed by atoms with van der Waals surface area (Å²) in [6, 6.07) is 5.71. The molecule has 0 fully saturated rings. The van der Waals surface area contributed by atoms with Gasteiger partial charge in [0.05, 0.1) is 14.2 Å². The van der Waals surface area contributed by atoms with Gasteiger partial charge < -0.3 is 19.7 Å². The molecular weight excluding hydrogens is 368 g/mol. The third-order valence-corrected chi connectivity index (χ3v) is 5.09. The molecule has 156 valence electrons. The normalized spacial score (nSPS) is 13.2. The highest BCUT2D eigenvalue weighted by molar-refractivity contribution is 5.93. The number of carbonyl (C=O) groups is 1. The van der Waals surface area contributed by atoms with Crippen LogP contribution < -0.4 is 14.8 Å². The zero-order valence-corrected chi connectivity index (χ0v) is 17.9. The van der Waals surface area contributed by atoms with Crippen LogP contribution in [-0.4, -0.2) is 48.1 Å². The fourth-order valence-electron chi connectivity index (χ4n) is 3.48. The van der Waals surface area contributed by atoms with Gasteiger partial charge in [0.25, 0.3) is 5.91 Å². The fraction of sp³-hybridized carbons (Fsp3) is 0.500. The summed E-state index contributed by atoms with van der Waals surface area (Å²) in [4.78, 5) is 23.7. The molecule has 7 nitrogen and oxygen atoms in total. The number of aromatic nitrogens is 2. The lowest BCUT2D eigenvalue weighted by molar-refractivity contribution is 0.0728. The molecule has 0 unspecified atom stereocenters. The summed E-state index contributed by atoms with van der Waals surface area (Å²) >= 11 is 0. The van der Waals surface area contributed by atoms with E-state index in [1.54, 1.807) is 20.3 Å². The number of rotatable bonds is 7. The van der Waals surface area contributed by atoms with E-state index in [-0.39, 0.29) is 5.91 Å². The number of methoxy groups -OCH3 is 2. The minimum atomic E-state index is -0.0807. The maximum Gasteiger partial charge on any atom is 0.272 e. The second-order valence-corrected chi connectivity index (χ2v) is 7.75. The quantitative estimate of drug-likeness (QED) is 0.770. The van der Waals surface area contributed by atoms with Crippen molar-refractivity contribution in [2.24, 2.45) is 5.92 Å². The van der Waals surface area contributed by atoms with Crippen LogP contribution in [0.5, 0.6) is 11.5 Å².